The van der Waals surface area contributed by atoms with E-state index in [1.54, 1.807) is 11.3 Å². The van der Waals surface area contributed by atoms with E-state index in [4.69, 9.17) is 9.72 Å². The van der Waals surface area contributed by atoms with Crippen LogP contribution in [-0.2, 0) is 9.53 Å². The number of carbonyl (C=O) groups excluding carboxylic acids is 1. The number of anilines is 1. The maximum atomic E-state index is 12.8. The lowest BCUT2D eigenvalue weighted by atomic mass is 9.87. The molecule has 6 heteroatoms. The van der Waals surface area contributed by atoms with Gasteiger partial charge in [0.15, 0.2) is 5.13 Å². The van der Waals surface area contributed by atoms with Gasteiger partial charge >= 0.3 is 0 Å². The molecule has 1 saturated carbocycles. The molecule has 144 valence electrons. The fraction of sp³-hybridized carbons (Fsp3) is 0.800. The number of thiazole rings is 1. The molecule has 0 spiro atoms. The predicted molar refractivity (Wildman–Crippen MR) is 105 cm³/mol. The van der Waals surface area contributed by atoms with E-state index in [9.17, 15) is 4.79 Å². The smallest absolute Gasteiger partial charge is 0.243 e. The van der Waals surface area contributed by atoms with Crippen LogP contribution in [0.5, 0.6) is 0 Å². The van der Waals surface area contributed by atoms with Crippen LogP contribution in [0.3, 0.4) is 0 Å². The zero-order valence-electron chi connectivity index (χ0n) is 15.6. The number of nitrogens with zero attached hydrogens (tertiary/aromatic N) is 2. The van der Waals surface area contributed by atoms with Crippen molar-refractivity contribution in [1.82, 2.24) is 9.88 Å². The zero-order chi connectivity index (χ0) is 17.8. The molecule has 3 aliphatic rings. The van der Waals surface area contributed by atoms with Crippen molar-refractivity contribution in [2.45, 2.75) is 69.7 Å². The van der Waals surface area contributed by atoms with Gasteiger partial charge in [0, 0.05) is 31.1 Å². The molecule has 0 aromatic carbocycles. The number of ether oxygens (including phenoxy) is 1. The predicted octanol–water partition coefficient (Wildman–Crippen LogP) is 4.02. The number of hydrogen-bond donors (Lipinski definition) is 1. The molecule has 1 amide bonds. The van der Waals surface area contributed by atoms with Crippen LogP contribution in [0.1, 0.15) is 69.4 Å². The van der Waals surface area contributed by atoms with Crippen LogP contribution >= 0.6 is 11.3 Å². The van der Waals surface area contributed by atoms with Crippen molar-refractivity contribution in [3.8, 4) is 0 Å². The Morgan fingerprint density at radius 3 is 2.77 bits per heavy atom. The Balaban J connectivity index is 1.32. The fourth-order valence-corrected chi connectivity index (χ4v) is 5.52. The van der Waals surface area contributed by atoms with Crippen LogP contribution in [-0.4, -0.2) is 48.1 Å². The SMILES string of the molecule is O=C(Nc1nc(C2CCCCC2)cs1)C1CCCN1CC1CCOCC1. The minimum absolute atomic E-state index is 0.0138. The Labute approximate surface area is 160 Å². The van der Waals surface area contributed by atoms with Crippen LogP contribution in [0.15, 0.2) is 5.38 Å². The summed E-state index contributed by atoms with van der Waals surface area (Å²) in [7, 11) is 0. The second-order valence-electron chi connectivity index (χ2n) is 8.11. The third-order valence-electron chi connectivity index (χ3n) is 6.28. The fourth-order valence-electron chi connectivity index (χ4n) is 4.72. The molecule has 2 aliphatic heterocycles. The van der Waals surface area contributed by atoms with Crippen molar-refractivity contribution in [3.05, 3.63) is 11.1 Å². The van der Waals surface area contributed by atoms with Gasteiger partial charge in [-0.05, 0) is 51.0 Å². The van der Waals surface area contributed by atoms with Crippen molar-refractivity contribution >= 4 is 22.4 Å². The van der Waals surface area contributed by atoms with Gasteiger partial charge in [-0.2, -0.15) is 0 Å². The average Bonchev–Trinajstić information content (AvgIpc) is 3.33. The number of aromatic nitrogens is 1. The summed E-state index contributed by atoms with van der Waals surface area (Å²) in [5.74, 6) is 1.41. The highest BCUT2D eigenvalue weighted by Gasteiger charge is 2.33. The molecule has 4 rings (SSSR count). The van der Waals surface area contributed by atoms with Crippen molar-refractivity contribution in [2.24, 2.45) is 5.92 Å². The van der Waals surface area contributed by atoms with Gasteiger partial charge in [-0.3, -0.25) is 9.69 Å². The molecule has 1 unspecified atom stereocenters. The van der Waals surface area contributed by atoms with E-state index in [-0.39, 0.29) is 11.9 Å². The van der Waals surface area contributed by atoms with Crippen molar-refractivity contribution in [2.75, 3.05) is 31.6 Å². The standard InChI is InChI=1S/C20H31N3O2S/c24-19(18-7-4-10-23(18)13-15-8-11-25-12-9-15)22-20-21-17(14-26-20)16-5-2-1-3-6-16/h14-16,18H,1-13H2,(H,21,22,24). The van der Waals surface area contributed by atoms with Gasteiger partial charge in [0.1, 0.15) is 0 Å². The first kappa shape index (κ1) is 18.4. The molecule has 3 fully saturated rings. The number of nitrogens with one attached hydrogen (secondary N) is 1. The minimum Gasteiger partial charge on any atom is -0.381 e. The first-order chi connectivity index (χ1) is 12.8. The lowest BCUT2D eigenvalue weighted by Gasteiger charge is -2.30. The Hall–Kier alpha value is -0.980. The van der Waals surface area contributed by atoms with Gasteiger partial charge in [-0.15, -0.1) is 11.3 Å². The van der Waals surface area contributed by atoms with Crippen LogP contribution in [0.2, 0.25) is 0 Å². The molecule has 1 aliphatic carbocycles. The van der Waals surface area contributed by atoms with E-state index in [2.05, 4.69) is 15.6 Å². The topological polar surface area (TPSA) is 54.5 Å². The van der Waals surface area contributed by atoms with Crippen molar-refractivity contribution in [1.29, 1.82) is 0 Å². The summed E-state index contributed by atoms with van der Waals surface area (Å²) in [6.45, 7) is 3.82. The van der Waals surface area contributed by atoms with Gasteiger partial charge < -0.3 is 10.1 Å². The number of likely N-dealkylation sites (tertiary alicyclic amines) is 1. The molecule has 2 saturated heterocycles. The number of hydrogen-bond acceptors (Lipinski definition) is 5. The van der Waals surface area contributed by atoms with Crippen LogP contribution in [0.25, 0.3) is 0 Å². The van der Waals surface area contributed by atoms with Crippen molar-refractivity contribution in [3.63, 3.8) is 0 Å². The number of carbonyl (C=O) groups is 1. The second-order valence-corrected chi connectivity index (χ2v) is 8.97. The summed E-state index contributed by atoms with van der Waals surface area (Å²) in [5, 5.41) is 6.05. The Morgan fingerprint density at radius 1 is 1.15 bits per heavy atom. The molecule has 26 heavy (non-hydrogen) atoms. The lowest BCUT2D eigenvalue weighted by Crippen LogP contribution is -2.42. The van der Waals surface area contributed by atoms with Crippen LogP contribution in [0.4, 0.5) is 5.13 Å². The maximum Gasteiger partial charge on any atom is 0.243 e. The van der Waals surface area contributed by atoms with E-state index in [0.29, 0.717) is 11.8 Å². The zero-order valence-corrected chi connectivity index (χ0v) is 16.4. The highest BCUT2D eigenvalue weighted by Crippen LogP contribution is 2.34. The summed E-state index contributed by atoms with van der Waals surface area (Å²) >= 11 is 1.59. The summed E-state index contributed by atoms with van der Waals surface area (Å²) in [6, 6.07) is 0.0138. The third kappa shape index (κ3) is 4.46. The molecule has 1 atom stereocenters. The lowest BCUT2D eigenvalue weighted by molar-refractivity contribution is -0.120. The number of amides is 1. The highest BCUT2D eigenvalue weighted by molar-refractivity contribution is 7.13. The summed E-state index contributed by atoms with van der Waals surface area (Å²) in [4.78, 5) is 20.0. The first-order valence-corrected chi connectivity index (χ1v) is 11.3. The largest absolute Gasteiger partial charge is 0.381 e. The van der Waals surface area contributed by atoms with Gasteiger partial charge in [0.2, 0.25) is 5.91 Å². The minimum atomic E-state index is 0.0138. The van der Waals surface area contributed by atoms with Gasteiger partial charge in [-0.1, -0.05) is 19.3 Å². The molecule has 0 radical (unpaired) electrons. The first-order valence-electron chi connectivity index (χ1n) is 10.4. The Morgan fingerprint density at radius 2 is 1.96 bits per heavy atom. The number of rotatable bonds is 5. The molecule has 1 N–H and O–H groups in total. The summed E-state index contributed by atoms with van der Waals surface area (Å²) in [5.41, 5.74) is 1.19. The van der Waals surface area contributed by atoms with Crippen molar-refractivity contribution < 1.29 is 9.53 Å². The maximum absolute atomic E-state index is 12.8. The normalized spacial score (nSPS) is 26.2. The Bertz CT molecular complexity index is 594. The van der Waals surface area contributed by atoms with Gasteiger partial charge in [-0.25, -0.2) is 4.98 Å². The monoisotopic (exact) mass is 377 g/mol. The van der Waals surface area contributed by atoms with E-state index in [1.807, 2.05) is 0 Å². The second kappa shape index (κ2) is 8.81. The molecule has 1 aromatic heterocycles. The highest BCUT2D eigenvalue weighted by atomic mass is 32.1. The summed E-state index contributed by atoms with van der Waals surface area (Å²) in [6.07, 6.45) is 10.8. The van der Waals surface area contributed by atoms with Gasteiger partial charge in [0.25, 0.3) is 0 Å². The summed E-state index contributed by atoms with van der Waals surface area (Å²) < 4.78 is 5.47. The Kier molecular flexibility index (Phi) is 6.23. The van der Waals surface area contributed by atoms with E-state index in [0.717, 1.165) is 57.1 Å². The molecule has 1 aromatic rings. The van der Waals surface area contributed by atoms with E-state index in [1.165, 1.54) is 37.8 Å². The quantitative estimate of drug-likeness (QED) is 0.842. The molecule has 5 nitrogen and oxygen atoms in total. The average molecular weight is 378 g/mol. The van der Waals surface area contributed by atoms with Crippen LogP contribution in [0, 0.1) is 5.92 Å². The van der Waals surface area contributed by atoms with Gasteiger partial charge in [0.05, 0.1) is 11.7 Å². The molecular formula is C20H31N3O2S. The van der Waals surface area contributed by atoms with E-state index >= 15 is 0 Å². The van der Waals surface area contributed by atoms with E-state index < -0.39 is 0 Å². The van der Waals surface area contributed by atoms with Crippen LogP contribution < -0.4 is 5.32 Å². The molecular weight excluding hydrogens is 346 g/mol. The molecule has 3 heterocycles. The molecule has 0 bridgehead atoms. The third-order valence-corrected chi connectivity index (χ3v) is 7.05.